The van der Waals surface area contributed by atoms with E-state index in [4.69, 9.17) is 0 Å². The van der Waals surface area contributed by atoms with E-state index in [-0.39, 0.29) is 30.5 Å². The van der Waals surface area contributed by atoms with E-state index in [2.05, 4.69) is 10.3 Å². The molecule has 8 heteroatoms. The lowest BCUT2D eigenvalue weighted by Crippen LogP contribution is -2.38. The van der Waals surface area contributed by atoms with Gasteiger partial charge in [-0.15, -0.1) is 11.3 Å². The number of carbonyl (C=O) groups is 2. The van der Waals surface area contributed by atoms with Crippen LogP contribution in [0.3, 0.4) is 0 Å². The smallest absolute Gasteiger partial charge is 0.262 e. The molecule has 1 N–H and O–H groups in total. The highest BCUT2D eigenvalue weighted by Gasteiger charge is 2.16. The first-order chi connectivity index (χ1) is 12.9. The second kappa shape index (κ2) is 7.71. The summed E-state index contributed by atoms with van der Waals surface area (Å²) in [5, 5.41) is 5.13. The molecule has 0 radical (unpaired) electrons. The molecule has 2 amide bonds. The Morgan fingerprint density at radius 1 is 1.22 bits per heavy atom. The summed E-state index contributed by atoms with van der Waals surface area (Å²) in [6.07, 6.45) is 1.36. The number of nitrogens with one attached hydrogen (secondary N) is 1. The number of para-hydroxylation sites is 1. The lowest BCUT2D eigenvalue weighted by atomic mass is 10.1. The molecule has 0 aliphatic rings. The van der Waals surface area contributed by atoms with Crippen molar-refractivity contribution in [2.24, 2.45) is 0 Å². The molecule has 7 nitrogen and oxygen atoms in total. The van der Waals surface area contributed by atoms with E-state index in [0.717, 1.165) is 16.8 Å². The van der Waals surface area contributed by atoms with Gasteiger partial charge in [0.25, 0.3) is 5.56 Å². The number of fused-ring (bicyclic) bond motifs is 1. The molecule has 3 aromatic rings. The number of likely N-dealkylation sites (N-methyl/N-ethyl adjacent to an activating group) is 1. The van der Waals surface area contributed by atoms with E-state index in [1.165, 1.54) is 34.2 Å². The number of thiophene rings is 1. The van der Waals surface area contributed by atoms with Gasteiger partial charge in [0.1, 0.15) is 11.4 Å². The summed E-state index contributed by atoms with van der Waals surface area (Å²) >= 11 is 1.37. The molecule has 0 unspecified atom stereocenters. The SMILES string of the molecule is Cc1cccc(C)c1NC(=O)CN(C)C(=O)Cn1cnc2sccc2c1=O. The standard InChI is InChI=1S/C19H20N4O3S/c1-12-5-4-6-13(2)17(12)21-15(24)9-22(3)16(25)10-23-11-20-18-14(19(23)26)7-8-27-18/h4-8,11H,9-10H2,1-3H3,(H,21,24). The number of benzene rings is 1. The van der Waals surface area contributed by atoms with Gasteiger partial charge in [-0.1, -0.05) is 18.2 Å². The van der Waals surface area contributed by atoms with Crippen LogP contribution in [0.5, 0.6) is 0 Å². The van der Waals surface area contributed by atoms with Crippen molar-refractivity contribution in [3.05, 3.63) is 57.5 Å². The fourth-order valence-electron chi connectivity index (χ4n) is 2.77. The first kappa shape index (κ1) is 18.8. The van der Waals surface area contributed by atoms with Crippen molar-refractivity contribution in [2.45, 2.75) is 20.4 Å². The Labute approximate surface area is 160 Å². The Morgan fingerprint density at radius 3 is 2.63 bits per heavy atom. The van der Waals surface area contributed by atoms with Crippen molar-refractivity contribution in [1.29, 1.82) is 0 Å². The summed E-state index contributed by atoms with van der Waals surface area (Å²) in [6.45, 7) is 3.56. The topological polar surface area (TPSA) is 84.3 Å². The first-order valence-corrected chi connectivity index (χ1v) is 9.27. The molecule has 0 aliphatic carbocycles. The molecule has 3 rings (SSSR count). The highest BCUT2D eigenvalue weighted by Crippen LogP contribution is 2.19. The predicted molar refractivity (Wildman–Crippen MR) is 106 cm³/mol. The number of hydrogen-bond acceptors (Lipinski definition) is 5. The van der Waals surface area contributed by atoms with Gasteiger partial charge < -0.3 is 10.2 Å². The van der Waals surface area contributed by atoms with Gasteiger partial charge in [0.15, 0.2) is 0 Å². The van der Waals surface area contributed by atoms with Crippen LogP contribution in [-0.2, 0) is 16.1 Å². The van der Waals surface area contributed by atoms with Crippen molar-refractivity contribution in [2.75, 3.05) is 18.9 Å². The minimum atomic E-state index is -0.342. The zero-order valence-corrected chi connectivity index (χ0v) is 16.2. The van der Waals surface area contributed by atoms with Crippen molar-refractivity contribution >= 4 is 39.1 Å². The Kier molecular flexibility index (Phi) is 5.36. The summed E-state index contributed by atoms with van der Waals surface area (Å²) in [5.74, 6) is -0.632. The van der Waals surface area contributed by atoms with E-state index in [1.54, 1.807) is 11.4 Å². The van der Waals surface area contributed by atoms with Crippen LogP contribution in [0.4, 0.5) is 5.69 Å². The molecule has 0 spiro atoms. The number of aryl methyl sites for hydroxylation is 2. The maximum absolute atomic E-state index is 12.4. The molecule has 0 saturated heterocycles. The largest absolute Gasteiger partial charge is 0.335 e. The summed E-state index contributed by atoms with van der Waals surface area (Å²) in [4.78, 5) is 43.2. The third-order valence-corrected chi connectivity index (χ3v) is 5.13. The number of nitrogens with zero attached hydrogens (tertiary/aromatic N) is 3. The summed E-state index contributed by atoms with van der Waals surface area (Å²) in [7, 11) is 1.54. The average Bonchev–Trinajstić information content (AvgIpc) is 3.10. The van der Waals surface area contributed by atoms with Crippen molar-refractivity contribution in [3.8, 4) is 0 Å². The molecule has 140 valence electrons. The van der Waals surface area contributed by atoms with Crippen LogP contribution < -0.4 is 10.9 Å². The third kappa shape index (κ3) is 4.06. The molecular weight excluding hydrogens is 364 g/mol. The molecule has 0 aliphatic heterocycles. The molecule has 0 fully saturated rings. The number of hydrogen-bond donors (Lipinski definition) is 1. The van der Waals surface area contributed by atoms with Gasteiger partial charge in [0, 0.05) is 12.7 Å². The minimum absolute atomic E-state index is 0.102. The molecular formula is C19H20N4O3S. The van der Waals surface area contributed by atoms with E-state index in [1.807, 2.05) is 32.0 Å². The number of carbonyl (C=O) groups excluding carboxylic acids is 2. The summed E-state index contributed by atoms with van der Waals surface area (Å²) in [5.41, 5.74) is 2.41. The lowest BCUT2D eigenvalue weighted by molar-refractivity contribution is -0.133. The molecule has 0 bridgehead atoms. The van der Waals surface area contributed by atoms with E-state index < -0.39 is 0 Å². The van der Waals surface area contributed by atoms with Gasteiger partial charge >= 0.3 is 0 Å². The lowest BCUT2D eigenvalue weighted by Gasteiger charge is -2.18. The Morgan fingerprint density at radius 2 is 1.93 bits per heavy atom. The Bertz CT molecular complexity index is 1050. The first-order valence-electron chi connectivity index (χ1n) is 8.39. The van der Waals surface area contributed by atoms with Crippen molar-refractivity contribution < 1.29 is 9.59 Å². The monoisotopic (exact) mass is 384 g/mol. The van der Waals surface area contributed by atoms with Crippen LogP contribution in [-0.4, -0.2) is 39.9 Å². The fourth-order valence-corrected chi connectivity index (χ4v) is 3.49. The van der Waals surface area contributed by atoms with Crippen LogP contribution >= 0.6 is 11.3 Å². The van der Waals surface area contributed by atoms with Crippen LogP contribution in [0.15, 0.2) is 40.8 Å². The van der Waals surface area contributed by atoms with E-state index >= 15 is 0 Å². The van der Waals surface area contributed by atoms with Gasteiger partial charge in [-0.2, -0.15) is 0 Å². The van der Waals surface area contributed by atoms with Crippen LogP contribution in [0, 0.1) is 13.8 Å². The summed E-state index contributed by atoms with van der Waals surface area (Å²) in [6, 6.07) is 7.44. The third-order valence-electron chi connectivity index (χ3n) is 4.31. The van der Waals surface area contributed by atoms with E-state index in [9.17, 15) is 14.4 Å². The molecule has 0 atom stereocenters. The second-order valence-electron chi connectivity index (χ2n) is 6.38. The average molecular weight is 384 g/mol. The van der Waals surface area contributed by atoms with Crippen LogP contribution in [0.2, 0.25) is 0 Å². The van der Waals surface area contributed by atoms with Crippen molar-refractivity contribution in [1.82, 2.24) is 14.5 Å². The second-order valence-corrected chi connectivity index (χ2v) is 7.28. The van der Waals surface area contributed by atoms with Gasteiger partial charge in [0.2, 0.25) is 11.8 Å². The van der Waals surface area contributed by atoms with Gasteiger partial charge in [-0.3, -0.25) is 19.0 Å². The van der Waals surface area contributed by atoms with Crippen molar-refractivity contribution in [3.63, 3.8) is 0 Å². The minimum Gasteiger partial charge on any atom is -0.335 e. The Balaban J connectivity index is 1.65. The number of aromatic nitrogens is 2. The van der Waals surface area contributed by atoms with Crippen LogP contribution in [0.25, 0.3) is 10.2 Å². The normalized spacial score (nSPS) is 10.8. The number of anilines is 1. The highest BCUT2D eigenvalue weighted by atomic mass is 32.1. The summed E-state index contributed by atoms with van der Waals surface area (Å²) < 4.78 is 1.26. The molecule has 2 aromatic heterocycles. The molecule has 2 heterocycles. The maximum Gasteiger partial charge on any atom is 0.262 e. The van der Waals surface area contributed by atoms with Gasteiger partial charge in [-0.25, -0.2) is 4.98 Å². The van der Waals surface area contributed by atoms with Crippen LogP contribution in [0.1, 0.15) is 11.1 Å². The van der Waals surface area contributed by atoms with E-state index in [0.29, 0.717) is 10.2 Å². The van der Waals surface area contributed by atoms with Gasteiger partial charge in [0.05, 0.1) is 18.3 Å². The number of rotatable bonds is 5. The zero-order chi connectivity index (χ0) is 19.6. The quantitative estimate of drug-likeness (QED) is 0.731. The van der Waals surface area contributed by atoms with Gasteiger partial charge in [-0.05, 0) is 36.4 Å². The maximum atomic E-state index is 12.4. The fraction of sp³-hybridized carbons (Fsp3) is 0.263. The number of amides is 2. The molecule has 1 aromatic carbocycles. The highest BCUT2D eigenvalue weighted by molar-refractivity contribution is 7.16. The Hall–Kier alpha value is -3.00. The zero-order valence-electron chi connectivity index (χ0n) is 15.4. The molecule has 27 heavy (non-hydrogen) atoms. The molecule has 0 saturated carbocycles. The predicted octanol–water partition coefficient (Wildman–Crippen LogP) is 2.17.